The zero-order chi connectivity index (χ0) is 16.2. The van der Waals surface area contributed by atoms with Crippen molar-refractivity contribution in [3.63, 3.8) is 0 Å². The van der Waals surface area contributed by atoms with Crippen LogP contribution < -0.4 is 0 Å². The Morgan fingerprint density at radius 2 is 2.22 bits per heavy atom. The number of fused-ring (bicyclic) bond motifs is 1. The average molecular weight is 326 g/mol. The second-order valence-electron chi connectivity index (χ2n) is 5.18. The fourth-order valence-electron chi connectivity index (χ4n) is 2.49. The van der Waals surface area contributed by atoms with Gasteiger partial charge in [0.2, 0.25) is 0 Å². The number of para-hydroxylation sites is 1. The first-order valence-corrected chi connectivity index (χ1v) is 8.43. The van der Waals surface area contributed by atoms with Gasteiger partial charge in [-0.3, -0.25) is 0 Å². The number of hydrogen-bond acceptors (Lipinski definition) is 4. The van der Waals surface area contributed by atoms with E-state index in [0.29, 0.717) is 5.69 Å². The highest BCUT2D eigenvalue weighted by Gasteiger charge is 2.16. The number of ether oxygens (including phenoxy) is 1. The molecule has 1 aromatic carbocycles. The van der Waals surface area contributed by atoms with Crippen molar-refractivity contribution in [3.8, 4) is 0 Å². The summed E-state index contributed by atoms with van der Waals surface area (Å²) in [7, 11) is 1.37. The second-order valence-corrected chi connectivity index (χ2v) is 6.04. The summed E-state index contributed by atoms with van der Waals surface area (Å²) in [4.78, 5) is 19.4. The first kappa shape index (κ1) is 15.5. The predicted octanol–water partition coefficient (Wildman–Crippen LogP) is 4.64. The molecule has 1 N–H and O–H groups in total. The van der Waals surface area contributed by atoms with Gasteiger partial charge in [0.05, 0.1) is 7.11 Å². The molecule has 23 heavy (non-hydrogen) atoms. The van der Waals surface area contributed by atoms with Crippen LogP contribution in [0.4, 0.5) is 0 Å². The molecule has 0 atom stereocenters. The van der Waals surface area contributed by atoms with E-state index in [1.807, 2.05) is 18.3 Å². The number of unbranched alkanes of at least 4 members (excludes halogenated alkanes) is 1. The van der Waals surface area contributed by atoms with Crippen LogP contribution in [0.15, 0.2) is 41.9 Å². The number of hydrogen-bond donors (Lipinski definition) is 1. The van der Waals surface area contributed by atoms with Crippen molar-refractivity contribution in [2.24, 2.45) is 0 Å². The van der Waals surface area contributed by atoms with Gasteiger partial charge in [0, 0.05) is 33.6 Å². The number of allylic oxidation sites excluding steroid dienone is 1. The lowest BCUT2D eigenvalue weighted by atomic mass is 10.0. The lowest BCUT2D eigenvalue weighted by Crippen LogP contribution is -2.01. The zero-order valence-corrected chi connectivity index (χ0v) is 13.9. The van der Waals surface area contributed by atoms with Crippen molar-refractivity contribution in [2.75, 3.05) is 7.11 Å². The summed E-state index contributed by atoms with van der Waals surface area (Å²) < 4.78 is 4.75. The Hall–Kier alpha value is -2.40. The first-order valence-electron chi connectivity index (χ1n) is 7.55. The summed E-state index contributed by atoms with van der Waals surface area (Å²) in [5, 5.41) is 3.74. The number of carbonyl (C=O) groups is 1. The number of thiazole rings is 1. The maximum absolute atomic E-state index is 11.7. The number of nitrogens with one attached hydrogen (secondary N) is 1. The molecule has 0 fully saturated rings. The van der Waals surface area contributed by atoms with Crippen LogP contribution in [0.3, 0.4) is 0 Å². The maximum atomic E-state index is 11.7. The van der Waals surface area contributed by atoms with Crippen LogP contribution in [0.25, 0.3) is 16.5 Å². The normalized spacial score (nSPS) is 11.8. The van der Waals surface area contributed by atoms with Crippen molar-refractivity contribution in [2.45, 2.75) is 19.8 Å². The van der Waals surface area contributed by atoms with E-state index in [-0.39, 0.29) is 0 Å². The van der Waals surface area contributed by atoms with E-state index in [1.165, 1.54) is 18.4 Å². The van der Waals surface area contributed by atoms with E-state index in [2.05, 4.69) is 35.1 Å². The lowest BCUT2D eigenvalue weighted by molar-refractivity contribution is 0.0595. The molecule has 118 valence electrons. The van der Waals surface area contributed by atoms with Crippen LogP contribution >= 0.6 is 11.3 Å². The van der Waals surface area contributed by atoms with E-state index < -0.39 is 5.97 Å². The molecule has 0 radical (unpaired) electrons. The lowest BCUT2D eigenvalue weighted by Gasteiger charge is -2.03. The van der Waals surface area contributed by atoms with Gasteiger partial charge in [-0.15, -0.1) is 11.3 Å². The molecular weight excluding hydrogens is 308 g/mol. The van der Waals surface area contributed by atoms with E-state index in [1.54, 1.807) is 5.38 Å². The number of benzene rings is 1. The van der Waals surface area contributed by atoms with Crippen LogP contribution in [0, 0.1) is 0 Å². The Bertz CT molecular complexity index is 861. The van der Waals surface area contributed by atoms with Gasteiger partial charge in [0.25, 0.3) is 0 Å². The molecule has 0 aliphatic rings. The van der Waals surface area contributed by atoms with Crippen molar-refractivity contribution in [1.82, 2.24) is 9.97 Å². The van der Waals surface area contributed by atoms with Gasteiger partial charge in [-0.05, 0) is 12.5 Å². The van der Waals surface area contributed by atoms with Gasteiger partial charge in [0.1, 0.15) is 5.01 Å². The van der Waals surface area contributed by atoms with E-state index in [4.69, 9.17) is 4.74 Å². The van der Waals surface area contributed by atoms with Crippen molar-refractivity contribution >= 4 is 33.8 Å². The van der Waals surface area contributed by atoms with Crippen molar-refractivity contribution in [3.05, 3.63) is 58.2 Å². The number of esters is 1. The van der Waals surface area contributed by atoms with E-state index in [9.17, 15) is 4.79 Å². The predicted molar refractivity (Wildman–Crippen MR) is 93.7 cm³/mol. The molecule has 0 saturated carbocycles. The molecule has 5 heteroatoms. The van der Waals surface area contributed by atoms with Crippen LogP contribution in [0.2, 0.25) is 0 Å². The third-order valence-electron chi connectivity index (χ3n) is 3.65. The number of aromatic nitrogens is 2. The Kier molecular flexibility index (Phi) is 4.57. The van der Waals surface area contributed by atoms with Crippen LogP contribution in [0.1, 0.15) is 40.8 Å². The number of H-pyrrole nitrogens is 1. The zero-order valence-electron chi connectivity index (χ0n) is 13.1. The van der Waals surface area contributed by atoms with E-state index >= 15 is 0 Å². The number of rotatable bonds is 5. The Morgan fingerprint density at radius 1 is 1.39 bits per heavy atom. The van der Waals surface area contributed by atoms with Gasteiger partial charge in [-0.25, -0.2) is 9.78 Å². The molecule has 3 aromatic rings. The second kappa shape index (κ2) is 6.79. The third kappa shape index (κ3) is 3.05. The summed E-state index contributed by atoms with van der Waals surface area (Å²) in [6.07, 6.45) is 6.21. The summed E-state index contributed by atoms with van der Waals surface area (Å²) in [5.41, 5.74) is 3.62. The minimum atomic E-state index is -0.402. The van der Waals surface area contributed by atoms with Gasteiger partial charge in [-0.2, -0.15) is 0 Å². The van der Waals surface area contributed by atoms with E-state index in [0.717, 1.165) is 39.9 Å². The Balaban J connectivity index is 2.08. The van der Waals surface area contributed by atoms with Gasteiger partial charge >= 0.3 is 5.97 Å². The smallest absolute Gasteiger partial charge is 0.357 e. The first-order chi connectivity index (χ1) is 11.2. The number of carbonyl (C=O) groups excluding carboxylic acids is 1. The topological polar surface area (TPSA) is 55.0 Å². The van der Waals surface area contributed by atoms with Gasteiger partial charge in [-0.1, -0.05) is 37.6 Å². The molecule has 0 amide bonds. The number of nitrogens with zero attached hydrogens (tertiary/aromatic N) is 1. The summed E-state index contributed by atoms with van der Waals surface area (Å²) in [6.45, 7) is 2.14. The quantitative estimate of drug-likeness (QED) is 0.695. The molecule has 3 rings (SSSR count). The minimum absolute atomic E-state index is 0.356. The maximum Gasteiger partial charge on any atom is 0.357 e. The number of methoxy groups -OCH3 is 1. The van der Waals surface area contributed by atoms with Crippen LogP contribution in [-0.2, 0) is 4.74 Å². The standard InChI is InChI=1S/C18H18N2O2S/c1-3-4-7-13(17-20-16(11-23-17)18(21)22-2)14-10-19-15-9-6-5-8-12(14)15/h5-11,19H,3-4H2,1-2H3/b13-7+. The minimum Gasteiger partial charge on any atom is -0.464 e. The fraction of sp³-hybridized carbons (Fsp3) is 0.222. The molecule has 0 aliphatic heterocycles. The summed E-state index contributed by atoms with van der Waals surface area (Å²) in [5.74, 6) is -0.402. The monoisotopic (exact) mass is 326 g/mol. The van der Waals surface area contributed by atoms with Crippen LogP contribution in [0.5, 0.6) is 0 Å². The van der Waals surface area contributed by atoms with Crippen molar-refractivity contribution < 1.29 is 9.53 Å². The largest absolute Gasteiger partial charge is 0.464 e. The highest BCUT2D eigenvalue weighted by Crippen LogP contribution is 2.32. The average Bonchev–Trinajstić information content (AvgIpc) is 3.22. The molecule has 0 unspecified atom stereocenters. The molecule has 0 saturated heterocycles. The van der Waals surface area contributed by atoms with Crippen molar-refractivity contribution in [1.29, 1.82) is 0 Å². The molecule has 0 spiro atoms. The molecule has 2 heterocycles. The number of aromatic amines is 1. The molecule has 4 nitrogen and oxygen atoms in total. The molecule has 0 aliphatic carbocycles. The third-order valence-corrected chi connectivity index (χ3v) is 4.52. The SMILES string of the molecule is CCC/C=C(/c1nc(C(=O)OC)cs1)c1c[nH]c2ccccc12. The molecule has 0 bridgehead atoms. The summed E-state index contributed by atoms with van der Waals surface area (Å²) in [6, 6.07) is 8.18. The van der Waals surface area contributed by atoms with Gasteiger partial charge in [0.15, 0.2) is 5.69 Å². The summed E-state index contributed by atoms with van der Waals surface area (Å²) >= 11 is 1.46. The molecular formula is C18H18N2O2S. The Morgan fingerprint density at radius 3 is 3.00 bits per heavy atom. The highest BCUT2D eigenvalue weighted by atomic mass is 32.1. The van der Waals surface area contributed by atoms with Gasteiger partial charge < -0.3 is 9.72 Å². The highest BCUT2D eigenvalue weighted by molar-refractivity contribution is 7.11. The van der Waals surface area contributed by atoms with Crippen LogP contribution in [-0.4, -0.2) is 23.0 Å². The Labute approximate surface area is 138 Å². The molecule has 2 aromatic heterocycles. The fourth-order valence-corrected chi connectivity index (χ4v) is 3.33.